The van der Waals surface area contributed by atoms with Gasteiger partial charge in [0.1, 0.15) is 0 Å². The lowest BCUT2D eigenvalue weighted by Crippen LogP contribution is -2.27. The Bertz CT molecular complexity index is 549. The van der Waals surface area contributed by atoms with Gasteiger partial charge < -0.3 is 5.11 Å². The number of aliphatic hydroxyl groups excluding tert-OH is 1. The Balaban J connectivity index is 2.48. The van der Waals surface area contributed by atoms with Crippen LogP contribution < -0.4 is 5.56 Å². The summed E-state index contributed by atoms with van der Waals surface area (Å²) in [6.07, 6.45) is 0. The van der Waals surface area contributed by atoms with E-state index in [1.165, 1.54) is 10.7 Å². The van der Waals surface area contributed by atoms with E-state index < -0.39 is 0 Å². The average Bonchev–Trinajstić information content (AvgIpc) is 2.39. The van der Waals surface area contributed by atoms with Gasteiger partial charge >= 0.3 is 0 Å². The van der Waals surface area contributed by atoms with Crippen LogP contribution in [0.2, 0.25) is 0 Å². The molecule has 0 aliphatic carbocycles. The fourth-order valence-corrected chi connectivity index (χ4v) is 1.58. The highest BCUT2D eigenvalue weighted by molar-refractivity contribution is 5.57. The Kier molecular flexibility index (Phi) is 3.35. The molecule has 1 unspecified atom stereocenters. The molecule has 2 rings (SSSR count). The van der Waals surface area contributed by atoms with E-state index in [0.29, 0.717) is 0 Å². The van der Waals surface area contributed by atoms with Crippen LogP contribution in [0.5, 0.6) is 0 Å². The predicted octanol–water partition coefficient (Wildman–Crippen LogP) is 1.46. The molecule has 0 radical (unpaired) electrons. The smallest absolute Gasteiger partial charge is 0.267 e. The van der Waals surface area contributed by atoms with Gasteiger partial charge in [-0.25, -0.2) is 4.68 Å². The molecule has 1 N–H and O–H groups in total. The molecule has 0 saturated heterocycles. The Morgan fingerprint density at radius 3 is 2.59 bits per heavy atom. The largest absolute Gasteiger partial charge is 0.394 e. The van der Waals surface area contributed by atoms with Crippen molar-refractivity contribution < 1.29 is 5.11 Å². The summed E-state index contributed by atoms with van der Waals surface area (Å²) >= 11 is 0. The third-order valence-corrected chi connectivity index (χ3v) is 2.58. The highest BCUT2D eigenvalue weighted by Gasteiger charge is 2.08. The Morgan fingerprint density at radius 1 is 1.24 bits per heavy atom. The van der Waals surface area contributed by atoms with Gasteiger partial charge in [0.15, 0.2) is 0 Å². The molecule has 0 spiro atoms. The molecule has 4 nitrogen and oxygen atoms in total. The molecule has 0 amide bonds. The maximum atomic E-state index is 11.6. The second-order valence-corrected chi connectivity index (χ2v) is 3.90. The monoisotopic (exact) mass is 230 g/mol. The van der Waals surface area contributed by atoms with Crippen molar-refractivity contribution in [1.82, 2.24) is 9.78 Å². The number of hydrogen-bond donors (Lipinski definition) is 1. The van der Waals surface area contributed by atoms with Crippen LogP contribution in [-0.2, 0) is 0 Å². The molecular formula is C13H14N2O2. The fourth-order valence-electron chi connectivity index (χ4n) is 1.58. The SMILES string of the molecule is CC(CO)n1nc(-c2ccccc2)ccc1=O. The molecule has 0 saturated carbocycles. The zero-order valence-electron chi connectivity index (χ0n) is 9.58. The summed E-state index contributed by atoms with van der Waals surface area (Å²) in [4.78, 5) is 11.6. The number of aliphatic hydroxyl groups is 1. The quantitative estimate of drug-likeness (QED) is 0.868. The van der Waals surface area contributed by atoms with Gasteiger partial charge in [0.05, 0.1) is 18.3 Å². The Labute approximate surface area is 99.2 Å². The average molecular weight is 230 g/mol. The zero-order chi connectivity index (χ0) is 12.3. The highest BCUT2D eigenvalue weighted by Crippen LogP contribution is 2.14. The summed E-state index contributed by atoms with van der Waals surface area (Å²) in [5, 5.41) is 13.3. The van der Waals surface area contributed by atoms with Gasteiger partial charge in [0.2, 0.25) is 0 Å². The predicted molar refractivity (Wildman–Crippen MR) is 65.7 cm³/mol. The molecule has 1 atom stereocenters. The van der Waals surface area contributed by atoms with Gasteiger partial charge in [-0.05, 0) is 13.0 Å². The lowest BCUT2D eigenvalue weighted by atomic mass is 10.1. The zero-order valence-corrected chi connectivity index (χ0v) is 9.58. The van der Waals surface area contributed by atoms with Gasteiger partial charge in [0, 0.05) is 11.6 Å². The van der Waals surface area contributed by atoms with E-state index in [2.05, 4.69) is 5.10 Å². The highest BCUT2D eigenvalue weighted by atomic mass is 16.3. The first-order valence-electron chi connectivity index (χ1n) is 5.48. The number of aromatic nitrogens is 2. The lowest BCUT2D eigenvalue weighted by molar-refractivity contribution is 0.226. The fraction of sp³-hybridized carbons (Fsp3) is 0.231. The third-order valence-electron chi connectivity index (χ3n) is 2.58. The van der Waals surface area contributed by atoms with Gasteiger partial charge in [-0.3, -0.25) is 4.79 Å². The molecule has 17 heavy (non-hydrogen) atoms. The van der Waals surface area contributed by atoms with Crippen LogP contribution in [0.4, 0.5) is 0 Å². The standard InChI is InChI=1S/C13H14N2O2/c1-10(9-16)15-13(17)8-7-12(14-15)11-5-3-2-4-6-11/h2-8,10,16H,9H2,1H3. The van der Waals surface area contributed by atoms with Gasteiger partial charge in [-0.2, -0.15) is 5.10 Å². The molecule has 1 aromatic carbocycles. The summed E-state index contributed by atoms with van der Waals surface area (Å²) in [7, 11) is 0. The lowest BCUT2D eigenvalue weighted by Gasteiger charge is -2.11. The summed E-state index contributed by atoms with van der Waals surface area (Å²) in [6, 6.07) is 12.5. The van der Waals surface area contributed by atoms with E-state index in [9.17, 15) is 4.79 Å². The van der Waals surface area contributed by atoms with Gasteiger partial charge in [-0.1, -0.05) is 30.3 Å². The summed E-state index contributed by atoms with van der Waals surface area (Å²) < 4.78 is 1.31. The van der Waals surface area contributed by atoms with Gasteiger partial charge in [-0.15, -0.1) is 0 Å². The molecular weight excluding hydrogens is 216 g/mol. The van der Waals surface area contributed by atoms with Crippen molar-refractivity contribution in [1.29, 1.82) is 0 Å². The molecule has 88 valence electrons. The molecule has 1 heterocycles. The summed E-state index contributed by atoms with van der Waals surface area (Å²) in [5.74, 6) is 0. The summed E-state index contributed by atoms with van der Waals surface area (Å²) in [5.41, 5.74) is 1.48. The van der Waals surface area contributed by atoms with Crippen LogP contribution in [0.25, 0.3) is 11.3 Å². The second kappa shape index (κ2) is 4.93. The minimum atomic E-state index is -0.314. The second-order valence-electron chi connectivity index (χ2n) is 3.90. The minimum absolute atomic E-state index is 0.106. The number of benzene rings is 1. The molecule has 0 bridgehead atoms. The van der Waals surface area contributed by atoms with E-state index in [1.54, 1.807) is 13.0 Å². The number of nitrogens with zero attached hydrogens (tertiary/aromatic N) is 2. The van der Waals surface area contributed by atoms with Crippen LogP contribution in [0.1, 0.15) is 13.0 Å². The maximum absolute atomic E-state index is 11.6. The first kappa shape index (κ1) is 11.5. The van der Waals surface area contributed by atoms with Crippen LogP contribution in [0.15, 0.2) is 47.3 Å². The molecule has 0 aliphatic heterocycles. The van der Waals surface area contributed by atoms with Crippen molar-refractivity contribution in [2.24, 2.45) is 0 Å². The first-order chi connectivity index (χ1) is 8.22. The van der Waals surface area contributed by atoms with Gasteiger partial charge in [0.25, 0.3) is 5.56 Å². The number of hydrogen-bond acceptors (Lipinski definition) is 3. The van der Waals surface area contributed by atoms with Crippen molar-refractivity contribution >= 4 is 0 Å². The minimum Gasteiger partial charge on any atom is -0.394 e. The molecule has 0 fully saturated rings. The van der Waals surface area contributed by atoms with E-state index >= 15 is 0 Å². The Hall–Kier alpha value is -1.94. The third kappa shape index (κ3) is 2.42. The van der Waals surface area contributed by atoms with E-state index in [1.807, 2.05) is 30.3 Å². The van der Waals surface area contributed by atoms with E-state index in [0.717, 1.165) is 11.3 Å². The number of rotatable bonds is 3. The molecule has 2 aromatic rings. The topological polar surface area (TPSA) is 55.1 Å². The van der Waals surface area contributed by atoms with E-state index in [-0.39, 0.29) is 18.2 Å². The first-order valence-corrected chi connectivity index (χ1v) is 5.48. The summed E-state index contributed by atoms with van der Waals surface area (Å²) in [6.45, 7) is 1.65. The van der Waals surface area contributed by atoms with Crippen molar-refractivity contribution in [2.45, 2.75) is 13.0 Å². The van der Waals surface area contributed by atoms with Crippen LogP contribution in [0.3, 0.4) is 0 Å². The van der Waals surface area contributed by atoms with Crippen molar-refractivity contribution in [2.75, 3.05) is 6.61 Å². The molecule has 4 heteroatoms. The van der Waals surface area contributed by atoms with Crippen LogP contribution in [-0.4, -0.2) is 21.5 Å². The van der Waals surface area contributed by atoms with Crippen LogP contribution in [0, 0.1) is 0 Å². The normalized spacial score (nSPS) is 12.4. The van der Waals surface area contributed by atoms with Crippen molar-refractivity contribution in [3.8, 4) is 11.3 Å². The molecule has 1 aromatic heterocycles. The van der Waals surface area contributed by atoms with Crippen LogP contribution >= 0.6 is 0 Å². The molecule has 0 aliphatic rings. The van der Waals surface area contributed by atoms with E-state index in [4.69, 9.17) is 5.11 Å². The van der Waals surface area contributed by atoms with Crippen molar-refractivity contribution in [3.05, 3.63) is 52.8 Å². The Morgan fingerprint density at radius 2 is 1.94 bits per heavy atom. The van der Waals surface area contributed by atoms with Crippen molar-refractivity contribution in [3.63, 3.8) is 0 Å². The maximum Gasteiger partial charge on any atom is 0.267 e.